The molecule has 1 aliphatic heterocycles. The predicted octanol–water partition coefficient (Wildman–Crippen LogP) is 1.65. The minimum atomic E-state index is 0.00135. The highest BCUT2D eigenvalue weighted by molar-refractivity contribution is 5.75. The Morgan fingerprint density at radius 3 is 2.50 bits per heavy atom. The molecule has 1 fully saturated rings. The van der Waals surface area contributed by atoms with Crippen LogP contribution in [0.25, 0.3) is 11.0 Å². The molecule has 1 saturated heterocycles. The molecule has 0 radical (unpaired) electrons. The molecule has 26 heavy (non-hydrogen) atoms. The molecule has 0 spiro atoms. The third-order valence-electron chi connectivity index (χ3n) is 4.90. The average molecular weight is 363 g/mol. The van der Waals surface area contributed by atoms with E-state index >= 15 is 0 Å². The summed E-state index contributed by atoms with van der Waals surface area (Å²) in [6.07, 6.45) is 1.98. The van der Waals surface area contributed by atoms with Crippen LogP contribution in [0.15, 0.2) is 29.1 Å². The van der Waals surface area contributed by atoms with Crippen molar-refractivity contribution in [2.24, 2.45) is 0 Å². The Morgan fingerprint density at radius 2 is 1.73 bits per heavy atom. The number of aromatic nitrogens is 2. The maximum atomic E-state index is 12.3. The predicted molar refractivity (Wildman–Crippen MR) is 101 cm³/mol. The van der Waals surface area contributed by atoms with Gasteiger partial charge in [0.1, 0.15) is 0 Å². The topological polar surface area (TPSA) is 68.7 Å². The lowest BCUT2D eigenvalue weighted by atomic mass is 10.0. The van der Waals surface area contributed by atoms with Crippen LogP contribution >= 0.6 is 0 Å². The Labute approximate surface area is 153 Å². The molecule has 1 N–H and O–H groups in total. The molecular weight excluding hydrogens is 334 g/mol. The number of likely N-dealkylation sites (tertiary alicyclic amines) is 1. The molecule has 144 valence electrons. The first kappa shape index (κ1) is 19.1. The summed E-state index contributed by atoms with van der Waals surface area (Å²) < 4.78 is 17.8. The Balaban J connectivity index is 1.38. The van der Waals surface area contributed by atoms with Crippen LogP contribution < -0.4 is 5.69 Å². The van der Waals surface area contributed by atoms with Gasteiger partial charge in [-0.25, -0.2) is 4.79 Å². The zero-order valence-electron chi connectivity index (χ0n) is 15.5. The van der Waals surface area contributed by atoms with E-state index in [2.05, 4.69) is 9.88 Å². The lowest BCUT2D eigenvalue weighted by molar-refractivity contribution is 0.0175. The Hall–Kier alpha value is -1.67. The van der Waals surface area contributed by atoms with Crippen LogP contribution in [0, 0.1) is 0 Å². The van der Waals surface area contributed by atoms with Gasteiger partial charge in [-0.15, -0.1) is 0 Å². The van der Waals surface area contributed by atoms with E-state index in [1.807, 2.05) is 28.8 Å². The van der Waals surface area contributed by atoms with Crippen molar-refractivity contribution in [1.29, 1.82) is 0 Å². The molecule has 0 amide bonds. The number of fused-ring (bicyclic) bond motifs is 1. The van der Waals surface area contributed by atoms with Gasteiger partial charge in [-0.05, 0) is 25.0 Å². The number of methoxy groups -OCH3 is 1. The molecule has 0 bridgehead atoms. The molecule has 0 unspecified atom stereocenters. The minimum absolute atomic E-state index is 0.00135. The van der Waals surface area contributed by atoms with Gasteiger partial charge in [-0.1, -0.05) is 12.1 Å². The van der Waals surface area contributed by atoms with Crippen LogP contribution in [0.4, 0.5) is 0 Å². The van der Waals surface area contributed by atoms with Gasteiger partial charge in [0.05, 0.1) is 44.1 Å². The minimum Gasteiger partial charge on any atom is -0.382 e. The van der Waals surface area contributed by atoms with E-state index in [1.54, 1.807) is 7.11 Å². The number of para-hydroxylation sites is 2. The van der Waals surface area contributed by atoms with E-state index in [0.717, 1.165) is 43.5 Å². The summed E-state index contributed by atoms with van der Waals surface area (Å²) in [5.74, 6) is 0. The molecule has 2 heterocycles. The largest absolute Gasteiger partial charge is 0.382 e. The zero-order chi connectivity index (χ0) is 18.2. The first-order valence-corrected chi connectivity index (χ1v) is 9.35. The van der Waals surface area contributed by atoms with Crippen molar-refractivity contribution in [3.8, 4) is 0 Å². The molecule has 2 aromatic rings. The summed E-state index contributed by atoms with van der Waals surface area (Å²) in [7, 11) is 1.66. The van der Waals surface area contributed by atoms with Gasteiger partial charge in [0.2, 0.25) is 0 Å². The average Bonchev–Trinajstić information content (AvgIpc) is 3.00. The smallest absolute Gasteiger partial charge is 0.326 e. The van der Waals surface area contributed by atoms with Crippen molar-refractivity contribution in [2.45, 2.75) is 18.9 Å². The molecule has 0 atom stereocenters. The monoisotopic (exact) mass is 363 g/mol. The van der Waals surface area contributed by atoms with E-state index in [-0.39, 0.29) is 11.7 Å². The van der Waals surface area contributed by atoms with Crippen molar-refractivity contribution in [3.05, 3.63) is 34.7 Å². The van der Waals surface area contributed by atoms with Crippen molar-refractivity contribution in [1.82, 2.24) is 14.5 Å². The number of aromatic amines is 1. The quantitative estimate of drug-likeness (QED) is 0.650. The molecular formula is C19H29N3O4. The van der Waals surface area contributed by atoms with Gasteiger partial charge < -0.3 is 24.1 Å². The number of piperidine rings is 1. The van der Waals surface area contributed by atoms with Crippen molar-refractivity contribution < 1.29 is 14.2 Å². The summed E-state index contributed by atoms with van der Waals surface area (Å²) in [4.78, 5) is 17.7. The van der Waals surface area contributed by atoms with Crippen molar-refractivity contribution >= 4 is 11.0 Å². The van der Waals surface area contributed by atoms with E-state index in [4.69, 9.17) is 14.2 Å². The second-order valence-corrected chi connectivity index (χ2v) is 6.61. The van der Waals surface area contributed by atoms with Gasteiger partial charge in [-0.2, -0.15) is 0 Å². The number of benzene rings is 1. The summed E-state index contributed by atoms with van der Waals surface area (Å²) in [6.45, 7) is 6.07. The highest BCUT2D eigenvalue weighted by Gasteiger charge is 2.23. The first-order valence-electron chi connectivity index (χ1n) is 9.35. The molecule has 1 aromatic heterocycles. The van der Waals surface area contributed by atoms with Gasteiger partial charge in [-0.3, -0.25) is 4.57 Å². The molecule has 3 rings (SSSR count). The number of nitrogens with one attached hydrogen (secondary N) is 1. The van der Waals surface area contributed by atoms with E-state index < -0.39 is 0 Å². The van der Waals surface area contributed by atoms with Gasteiger partial charge in [0.25, 0.3) is 0 Å². The van der Waals surface area contributed by atoms with Crippen LogP contribution in [0.2, 0.25) is 0 Å². The van der Waals surface area contributed by atoms with E-state index in [9.17, 15) is 4.79 Å². The lowest BCUT2D eigenvalue weighted by Crippen LogP contribution is -2.38. The Bertz CT molecular complexity index is 719. The second-order valence-electron chi connectivity index (χ2n) is 6.61. The fourth-order valence-electron chi connectivity index (χ4n) is 3.50. The number of ether oxygens (including phenoxy) is 3. The maximum Gasteiger partial charge on any atom is 0.326 e. The normalized spacial score (nSPS) is 16.5. The van der Waals surface area contributed by atoms with Crippen molar-refractivity contribution in [3.63, 3.8) is 0 Å². The highest BCUT2D eigenvalue weighted by atomic mass is 16.5. The summed E-state index contributed by atoms with van der Waals surface area (Å²) >= 11 is 0. The third-order valence-corrected chi connectivity index (χ3v) is 4.90. The summed E-state index contributed by atoms with van der Waals surface area (Å²) in [5.41, 5.74) is 1.93. The van der Waals surface area contributed by atoms with Crippen LogP contribution in [0.1, 0.15) is 18.9 Å². The third kappa shape index (κ3) is 4.94. The van der Waals surface area contributed by atoms with Gasteiger partial charge in [0.15, 0.2) is 0 Å². The van der Waals surface area contributed by atoms with Gasteiger partial charge >= 0.3 is 5.69 Å². The number of hydrogen-bond donors (Lipinski definition) is 1. The second kappa shape index (κ2) is 9.87. The number of imidazole rings is 1. The number of hydrogen-bond acceptors (Lipinski definition) is 5. The summed E-state index contributed by atoms with van der Waals surface area (Å²) in [6, 6.07) is 8.18. The SMILES string of the molecule is COCCOCCOCCN1CCC(n2c(=O)[nH]c3ccccc32)CC1. The Kier molecular flexibility index (Phi) is 7.25. The van der Waals surface area contributed by atoms with Gasteiger partial charge in [0, 0.05) is 32.8 Å². The van der Waals surface area contributed by atoms with Crippen LogP contribution in [-0.4, -0.2) is 74.2 Å². The molecule has 0 aliphatic carbocycles. The van der Waals surface area contributed by atoms with Crippen LogP contribution in [0.5, 0.6) is 0 Å². The highest BCUT2D eigenvalue weighted by Crippen LogP contribution is 2.24. The zero-order valence-corrected chi connectivity index (χ0v) is 15.5. The molecule has 1 aliphatic rings. The number of rotatable bonds is 10. The van der Waals surface area contributed by atoms with Crippen LogP contribution in [-0.2, 0) is 14.2 Å². The van der Waals surface area contributed by atoms with Crippen molar-refractivity contribution in [2.75, 3.05) is 59.8 Å². The van der Waals surface area contributed by atoms with E-state index in [1.165, 1.54) is 0 Å². The number of nitrogens with zero attached hydrogens (tertiary/aromatic N) is 2. The molecule has 7 nitrogen and oxygen atoms in total. The molecule has 7 heteroatoms. The Morgan fingerprint density at radius 1 is 1.04 bits per heavy atom. The first-order chi connectivity index (χ1) is 12.8. The standard InChI is InChI=1S/C19H29N3O4/c1-24-12-13-26-15-14-25-11-10-21-8-6-16(7-9-21)22-18-5-3-2-4-17(18)20-19(22)23/h2-5,16H,6-15H2,1H3,(H,20,23). The van der Waals surface area contributed by atoms with Crippen LogP contribution in [0.3, 0.4) is 0 Å². The fourth-order valence-corrected chi connectivity index (χ4v) is 3.50. The molecule has 0 saturated carbocycles. The lowest BCUT2D eigenvalue weighted by Gasteiger charge is -2.32. The summed E-state index contributed by atoms with van der Waals surface area (Å²) in [5, 5.41) is 0. The maximum absolute atomic E-state index is 12.3. The molecule has 1 aromatic carbocycles. The van der Waals surface area contributed by atoms with E-state index in [0.29, 0.717) is 33.0 Å². The number of H-pyrrole nitrogens is 1. The fraction of sp³-hybridized carbons (Fsp3) is 0.632.